The lowest BCUT2D eigenvalue weighted by molar-refractivity contribution is 0.627. The van der Waals surface area contributed by atoms with E-state index in [0.29, 0.717) is 10.7 Å². The van der Waals surface area contributed by atoms with Crippen LogP contribution in [0.15, 0.2) is 36.4 Å². The van der Waals surface area contributed by atoms with Crippen LogP contribution < -0.4 is 5.32 Å². The zero-order valence-corrected chi connectivity index (χ0v) is 11.6. The Bertz CT molecular complexity index is 734. The fraction of sp³-hybridized carbons (Fsp3) is 0.0714. The van der Waals surface area contributed by atoms with Crippen LogP contribution in [-0.2, 0) is 0 Å². The molecule has 0 aliphatic heterocycles. The molecule has 1 heterocycles. The predicted octanol–water partition coefficient (Wildman–Crippen LogP) is 5.14. The fourth-order valence-corrected chi connectivity index (χ4v) is 3.05. The van der Waals surface area contributed by atoms with Crippen LogP contribution in [0, 0.1) is 12.7 Å². The van der Waals surface area contributed by atoms with Crippen molar-refractivity contribution < 1.29 is 4.39 Å². The average molecular weight is 293 g/mol. The molecule has 0 fully saturated rings. The van der Waals surface area contributed by atoms with Crippen LogP contribution in [0.5, 0.6) is 0 Å². The first-order chi connectivity index (χ1) is 9.10. The molecular weight excluding hydrogens is 283 g/mol. The second kappa shape index (κ2) is 4.79. The number of nitrogens with zero attached hydrogens (tertiary/aromatic N) is 1. The molecule has 5 heteroatoms. The number of nitrogens with one attached hydrogen (secondary N) is 1. The van der Waals surface area contributed by atoms with E-state index in [1.54, 1.807) is 6.07 Å². The first-order valence-electron chi connectivity index (χ1n) is 5.70. The molecule has 0 radical (unpaired) electrons. The second-order valence-electron chi connectivity index (χ2n) is 4.27. The minimum Gasteiger partial charge on any atom is -0.331 e. The van der Waals surface area contributed by atoms with E-state index in [-0.39, 0.29) is 5.82 Å². The van der Waals surface area contributed by atoms with E-state index in [2.05, 4.69) is 10.3 Å². The van der Waals surface area contributed by atoms with Crippen LogP contribution in [0.1, 0.15) is 5.56 Å². The molecule has 3 rings (SSSR count). The molecule has 1 N–H and O–H groups in total. The first kappa shape index (κ1) is 12.4. The maximum atomic E-state index is 13.3. The number of anilines is 2. The number of halogens is 2. The van der Waals surface area contributed by atoms with Gasteiger partial charge in [-0.1, -0.05) is 22.9 Å². The van der Waals surface area contributed by atoms with E-state index in [4.69, 9.17) is 11.6 Å². The Morgan fingerprint density at radius 3 is 2.84 bits per heavy atom. The number of hydrogen-bond donors (Lipinski definition) is 1. The van der Waals surface area contributed by atoms with Crippen molar-refractivity contribution >= 4 is 44.0 Å². The number of thiazole rings is 1. The van der Waals surface area contributed by atoms with Gasteiger partial charge < -0.3 is 5.32 Å². The summed E-state index contributed by atoms with van der Waals surface area (Å²) in [6.45, 7) is 1.85. The smallest absolute Gasteiger partial charge is 0.188 e. The molecule has 0 saturated heterocycles. The van der Waals surface area contributed by atoms with Gasteiger partial charge >= 0.3 is 0 Å². The summed E-state index contributed by atoms with van der Waals surface area (Å²) in [7, 11) is 0. The van der Waals surface area contributed by atoms with Gasteiger partial charge in [0.2, 0.25) is 0 Å². The van der Waals surface area contributed by atoms with Crippen molar-refractivity contribution in [3.05, 3.63) is 52.8 Å². The Morgan fingerprint density at radius 1 is 1.21 bits per heavy atom. The molecule has 0 aliphatic rings. The second-order valence-corrected chi connectivity index (χ2v) is 5.74. The van der Waals surface area contributed by atoms with Gasteiger partial charge in [0.15, 0.2) is 5.13 Å². The molecule has 0 aliphatic carbocycles. The Hall–Kier alpha value is -1.65. The molecule has 0 saturated carbocycles. The summed E-state index contributed by atoms with van der Waals surface area (Å²) in [4.78, 5) is 4.43. The quantitative estimate of drug-likeness (QED) is 0.707. The van der Waals surface area contributed by atoms with Crippen molar-refractivity contribution in [1.82, 2.24) is 4.98 Å². The van der Waals surface area contributed by atoms with Crippen LogP contribution in [-0.4, -0.2) is 4.98 Å². The summed E-state index contributed by atoms with van der Waals surface area (Å²) < 4.78 is 14.3. The van der Waals surface area contributed by atoms with Crippen molar-refractivity contribution in [3.8, 4) is 0 Å². The Kier molecular flexibility index (Phi) is 3.12. The van der Waals surface area contributed by atoms with E-state index in [1.165, 1.54) is 23.5 Å². The highest BCUT2D eigenvalue weighted by atomic mass is 35.5. The number of aromatic nitrogens is 1. The third-order valence-corrected chi connectivity index (χ3v) is 3.81. The molecule has 3 aromatic rings. The predicted molar refractivity (Wildman–Crippen MR) is 79.0 cm³/mol. The van der Waals surface area contributed by atoms with E-state index < -0.39 is 0 Å². The number of hydrogen-bond acceptors (Lipinski definition) is 3. The maximum Gasteiger partial charge on any atom is 0.188 e. The summed E-state index contributed by atoms with van der Waals surface area (Å²) in [5, 5.41) is 4.53. The summed E-state index contributed by atoms with van der Waals surface area (Å²) in [6, 6.07) is 10.4. The fourth-order valence-electron chi connectivity index (χ4n) is 1.88. The van der Waals surface area contributed by atoms with Gasteiger partial charge in [0.1, 0.15) is 5.82 Å². The van der Waals surface area contributed by atoms with E-state index in [1.807, 2.05) is 25.1 Å². The lowest BCUT2D eigenvalue weighted by Gasteiger charge is -2.03. The van der Waals surface area contributed by atoms with Crippen molar-refractivity contribution in [2.45, 2.75) is 6.92 Å². The summed E-state index contributed by atoms with van der Waals surface area (Å²) in [5.74, 6) is -0.258. The lowest BCUT2D eigenvalue weighted by Crippen LogP contribution is -1.91. The van der Waals surface area contributed by atoms with E-state index in [9.17, 15) is 4.39 Å². The highest BCUT2D eigenvalue weighted by molar-refractivity contribution is 7.22. The molecule has 0 atom stereocenters. The minimum atomic E-state index is -0.258. The molecule has 0 spiro atoms. The zero-order valence-electron chi connectivity index (χ0n) is 10.1. The van der Waals surface area contributed by atoms with E-state index >= 15 is 0 Å². The highest BCUT2D eigenvalue weighted by Crippen LogP contribution is 2.30. The standard InChI is InChI=1S/C14H10ClFN2S/c1-8-4-10(16)7-11(5-8)17-14-18-12-3-2-9(15)6-13(12)19-14/h2-7H,1H3,(H,17,18). The van der Waals surface area contributed by atoms with Gasteiger partial charge in [-0.25, -0.2) is 9.37 Å². The van der Waals surface area contributed by atoms with E-state index in [0.717, 1.165) is 20.9 Å². The molecule has 2 aromatic carbocycles. The van der Waals surface area contributed by atoms with Crippen LogP contribution in [0.25, 0.3) is 10.2 Å². The summed E-state index contributed by atoms with van der Waals surface area (Å²) in [5.41, 5.74) is 2.44. The monoisotopic (exact) mass is 292 g/mol. The zero-order chi connectivity index (χ0) is 13.4. The molecule has 2 nitrogen and oxygen atoms in total. The average Bonchev–Trinajstić information content (AvgIpc) is 2.68. The largest absolute Gasteiger partial charge is 0.331 e. The molecule has 0 bridgehead atoms. The van der Waals surface area contributed by atoms with Crippen molar-refractivity contribution in [2.24, 2.45) is 0 Å². The van der Waals surface area contributed by atoms with Crippen molar-refractivity contribution in [3.63, 3.8) is 0 Å². The number of aryl methyl sites for hydroxylation is 1. The molecule has 1 aromatic heterocycles. The maximum absolute atomic E-state index is 13.3. The van der Waals surface area contributed by atoms with Gasteiger partial charge in [0.25, 0.3) is 0 Å². The minimum absolute atomic E-state index is 0.258. The lowest BCUT2D eigenvalue weighted by atomic mass is 10.2. The van der Waals surface area contributed by atoms with Crippen LogP contribution >= 0.6 is 22.9 Å². The molecule has 96 valence electrons. The molecule has 0 unspecified atom stereocenters. The topological polar surface area (TPSA) is 24.9 Å². The van der Waals surface area contributed by atoms with Crippen molar-refractivity contribution in [1.29, 1.82) is 0 Å². The molecular formula is C14H10ClFN2S. The van der Waals surface area contributed by atoms with Gasteiger partial charge in [-0.2, -0.15) is 0 Å². The number of benzene rings is 2. The molecule has 0 amide bonds. The van der Waals surface area contributed by atoms with Gasteiger partial charge in [-0.05, 0) is 48.9 Å². The third-order valence-electron chi connectivity index (χ3n) is 2.64. The van der Waals surface area contributed by atoms with Gasteiger partial charge in [0, 0.05) is 10.7 Å². The molecule has 19 heavy (non-hydrogen) atoms. The van der Waals surface area contributed by atoms with Crippen LogP contribution in [0.4, 0.5) is 15.2 Å². The highest BCUT2D eigenvalue weighted by Gasteiger charge is 2.05. The SMILES string of the molecule is Cc1cc(F)cc(Nc2nc3ccc(Cl)cc3s2)c1. The van der Waals surface area contributed by atoms with Crippen LogP contribution in [0.3, 0.4) is 0 Å². The van der Waals surface area contributed by atoms with Gasteiger partial charge in [0.05, 0.1) is 10.2 Å². The number of rotatable bonds is 2. The summed E-state index contributed by atoms with van der Waals surface area (Å²) in [6.07, 6.45) is 0. The Morgan fingerprint density at radius 2 is 2.05 bits per heavy atom. The normalized spacial score (nSPS) is 10.9. The van der Waals surface area contributed by atoms with Crippen molar-refractivity contribution in [2.75, 3.05) is 5.32 Å². The Labute approximate surface area is 118 Å². The first-order valence-corrected chi connectivity index (χ1v) is 6.90. The van der Waals surface area contributed by atoms with Gasteiger partial charge in [-0.15, -0.1) is 0 Å². The Balaban J connectivity index is 1.96. The van der Waals surface area contributed by atoms with Crippen LogP contribution in [0.2, 0.25) is 5.02 Å². The summed E-state index contributed by atoms with van der Waals surface area (Å²) >= 11 is 7.43. The van der Waals surface area contributed by atoms with Gasteiger partial charge in [-0.3, -0.25) is 0 Å². The third kappa shape index (κ3) is 2.69. The number of fused-ring (bicyclic) bond motifs is 1.